The van der Waals surface area contributed by atoms with Gasteiger partial charge in [-0.15, -0.1) is 11.3 Å². The number of fused-ring (bicyclic) bond motifs is 1. The Hall–Kier alpha value is -2.65. The highest BCUT2D eigenvalue weighted by Crippen LogP contribution is 2.32. The standard InChI is InChI=1S/C18H17N3O2S/c1-4-23-18(22)15-9-20-17(24-15)11-5-6-14-12(7-11)13(8-19)16(21-14)10(2)3/h5-7,9-10,21H,4H2,1-3H3. The fourth-order valence-corrected chi connectivity index (χ4v) is 3.41. The average molecular weight is 339 g/mol. The zero-order valence-electron chi connectivity index (χ0n) is 13.7. The molecule has 3 aromatic rings. The zero-order valence-corrected chi connectivity index (χ0v) is 14.5. The van der Waals surface area contributed by atoms with E-state index in [0.717, 1.165) is 27.2 Å². The second kappa shape index (κ2) is 6.46. The number of thiazole rings is 1. The lowest BCUT2D eigenvalue weighted by atomic mass is 10.0. The van der Waals surface area contributed by atoms with Gasteiger partial charge in [0.1, 0.15) is 16.0 Å². The Labute approximate surface area is 143 Å². The van der Waals surface area contributed by atoms with Crippen LogP contribution in [0.15, 0.2) is 24.4 Å². The Bertz CT molecular complexity index is 947. The van der Waals surface area contributed by atoms with E-state index in [0.29, 0.717) is 17.0 Å². The second-order valence-corrected chi connectivity index (χ2v) is 6.72. The molecule has 0 amide bonds. The van der Waals surface area contributed by atoms with E-state index in [2.05, 4.69) is 29.9 Å². The van der Waals surface area contributed by atoms with Crippen molar-refractivity contribution in [2.45, 2.75) is 26.7 Å². The molecule has 24 heavy (non-hydrogen) atoms. The first-order chi connectivity index (χ1) is 11.5. The molecule has 5 nitrogen and oxygen atoms in total. The van der Waals surface area contributed by atoms with E-state index in [4.69, 9.17) is 4.74 Å². The molecule has 0 saturated carbocycles. The summed E-state index contributed by atoms with van der Waals surface area (Å²) in [5.74, 6) is -0.116. The normalized spacial score (nSPS) is 11.0. The molecule has 6 heteroatoms. The number of nitriles is 1. The number of esters is 1. The minimum absolute atomic E-state index is 0.241. The Balaban J connectivity index is 2.05. The van der Waals surface area contributed by atoms with Crippen molar-refractivity contribution in [3.05, 3.63) is 40.5 Å². The van der Waals surface area contributed by atoms with Crippen molar-refractivity contribution in [1.82, 2.24) is 9.97 Å². The van der Waals surface area contributed by atoms with Gasteiger partial charge >= 0.3 is 5.97 Å². The summed E-state index contributed by atoms with van der Waals surface area (Å²) in [4.78, 5) is 19.9. The molecule has 0 aliphatic rings. The lowest BCUT2D eigenvalue weighted by Crippen LogP contribution is -2.01. The maximum absolute atomic E-state index is 11.8. The van der Waals surface area contributed by atoms with Crippen molar-refractivity contribution in [1.29, 1.82) is 5.26 Å². The SMILES string of the molecule is CCOC(=O)c1cnc(-c2ccc3[nH]c(C(C)C)c(C#N)c3c2)s1. The molecule has 3 rings (SSSR count). The molecule has 122 valence electrons. The van der Waals surface area contributed by atoms with Crippen molar-refractivity contribution in [3.8, 4) is 16.6 Å². The lowest BCUT2D eigenvalue weighted by Gasteiger charge is -2.00. The summed E-state index contributed by atoms with van der Waals surface area (Å²) in [5.41, 5.74) is 3.43. The fraction of sp³-hybridized carbons (Fsp3) is 0.278. The number of nitrogens with zero attached hydrogens (tertiary/aromatic N) is 2. The number of benzene rings is 1. The van der Waals surface area contributed by atoms with Crippen LogP contribution in [0.4, 0.5) is 0 Å². The monoisotopic (exact) mass is 339 g/mol. The predicted octanol–water partition coefficient (Wildman–Crippen LogP) is 4.46. The van der Waals surface area contributed by atoms with Gasteiger partial charge in [0.05, 0.1) is 18.4 Å². The third-order valence-electron chi connectivity index (χ3n) is 3.75. The molecule has 0 fully saturated rings. The van der Waals surface area contributed by atoms with Gasteiger partial charge in [-0.05, 0) is 31.0 Å². The number of H-pyrrole nitrogens is 1. The van der Waals surface area contributed by atoms with Crippen molar-refractivity contribution >= 4 is 28.2 Å². The van der Waals surface area contributed by atoms with Crippen LogP contribution in [0, 0.1) is 11.3 Å². The van der Waals surface area contributed by atoms with Gasteiger partial charge in [0.25, 0.3) is 0 Å². The van der Waals surface area contributed by atoms with Crippen molar-refractivity contribution in [2.24, 2.45) is 0 Å². The average Bonchev–Trinajstić information content (AvgIpc) is 3.19. The topological polar surface area (TPSA) is 78.8 Å². The first-order valence-corrected chi connectivity index (χ1v) is 8.55. The summed E-state index contributed by atoms with van der Waals surface area (Å²) in [6.07, 6.45) is 1.53. The van der Waals surface area contributed by atoms with E-state index in [1.54, 1.807) is 6.92 Å². The van der Waals surface area contributed by atoms with Crippen LogP contribution in [0.25, 0.3) is 21.5 Å². The Kier molecular flexibility index (Phi) is 4.36. The summed E-state index contributed by atoms with van der Waals surface area (Å²) in [6, 6.07) is 8.13. The van der Waals surface area contributed by atoms with E-state index in [-0.39, 0.29) is 11.9 Å². The number of rotatable bonds is 4. The molecule has 2 heterocycles. The smallest absolute Gasteiger partial charge is 0.349 e. The van der Waals surface area contributed by atoms with Crippen molar-refractivity contribution in [3.63, 3.8) is 0 Å². The maximum Gasteiger partial charge on any atom is 0.349 e. The number of carbonyl (C=O) groups is 1. The van der Waals surface area contributed by atoms with Gasteiger partial charge in [0.15, 0.2) is 0 Å². The molecule has 0 radical (unpaired) electrons. The van der Waals surface area contributed by atoms with Crippen LogP contribution in [-0.4, -0.2) is 22.5 Å². The van der Waals surface area contributed by atoms with E-state index >= 15 is 0 Å². The molecule has 0 aliphatic carbocycles. The van der Waals surface area contributed by atoms with Gasteiger partial charge < -0.3 is 9.72 Å². The molecular formula is C18H17N3O2S. The Morgan fingerprint density at radius 2 is 2.25 bits per heavy atom. The minimum Gasteiger partial charge on any atom is -0.462 e. The van der Waals surface area contributed by atoms with Gasteiger partial charge in [-0.2, -0.15) is 5.26 Å². The molecule has 0 bridgehead atoms. The summed E-state index contributed by atoms with van der Waals surface area (Å²) in [5, 5.41) is 11.1. The van der Waals surface area contributed by atoms with Crippen LogP contribution in [-0.2, 0) is 4.74 Å². The number of ether oxygens (including phenoxy) is 1. The summed E-state index contributed by atoms with van der Waals surface area (Å²) in [7, 11) is 0. The van der Waals surface area contributed by atoms with Gasteiger partial charge in [-0.25, -0.2) is 9.78 Å². The van der Waals surface area contributed by atoms with Crippen LogP contribution in [0.5, 0.6) is 0 Å². The highest BCUT2D eigenvalue weighted by atomic mass is 32.1. The van der Waals surface area contributed by atoms with Gasteiger partial charge in [-0.1, -0.05) is 13.8 Å². The molecule has 1 aromatic carbocycles. The first kappa shape index (κ1) is 16.2. The molecule has 0 spiro atoms. The predicted molar refractivity (Wildman–Crippen MR) is 94.2 cm³/mol. The summed E-state index contributed by atoms with van der Waals surface area (Å²) in [6.45, 7) is 6.22. The van der Waals surface area contributed by atoms with Crippen molar-refractivity contribution in [2.75, 3.05) is 6.61 Å². The quantitative estimate of drug-likeness (QED) is 0.712. The van der Waals surface area contributed by atoms with Crippen LogP contribution < -0.4 is 0 Å². The molecule has 2 aromatic heterocycles. The highest BCUT2D eigenvalue weighted by Gasteiger charge is 2.16. The number of aromatic amines is 1. The van der Waals surface area contributed by atoms with Crippen LogP contribution in [0.3, 0.4) is 0 Å². The number of nitrogens with one attached hydrogen (secondary N) is 1. The van der Waals surface area contributed by atoms with Crippen LogP contribution in [0.2, 0.25) is 0 Å². The van der Waals surface area contributed by atoms with Gasteiger partial charge in [0.2, 0.25) is 0 Å². The third-order valence-corrected chi connectivity index (χ3v) is 4.77. The van der Waals surface area contributed by atoms with E-state index in [1.807, 2.05) is 18.2 Å². The molecule has 0 aliphatic heterocycles. The Morgan fingerprint density at radius 3 is 2.92 bits per heavy atom. The Morgan fingerprint density at radius 1 is 1.46 bits per heavy atom. The van der Waals surface area contributed by atoms with Crippen molar-refractivity contribution < 1.29 is 9.53 Å². The van der Waals surface area contributed by atoms with Gasteiger partial charge in [-0.3, -0.25) is 0 Å². The second-order valence-electron chi connectivity index (χ2n) is 5.69. The molecule has 0 atom stereocenters. The van der Waals surface area contributed by atoms with E-state index < -0.39 is 0 Å². The van der Waals surface area contributed by atoms with Crippen LogP contribution in [0.1, 0.15) is 47.6 Å². The summed E-state index contributed by atoms with van der Waals surface area (Å²) < 4.78 is 5.00. The molecule has 0 unspecified atom stereocenters. The number of hydrogen-bond acceptors (Lipinski definition) is 5. The van der Waals surface area contributed by atoms with Gasteiger partial charge in [0, 0.05) is 22.2 Å². The third kappa shape index (κ3) is 2.79. The van der Waals surface area contributed by atoms with E-state index in [9.17, 15) is 10.1 Å². The zero-order chi connectivity index (χ0) is 17.3. The highest BCUT2D eigenvalue weighted by molar-refractivity contribution is 7.16. The van der Waals surface area contributed by atoms with Crippen LogP contribution >= 0.6 is 11.3 Å². The number of carbonyl (C=O) groups excluding carboxylic acids is 1. The number of aromatic nitrogens is 2. The van der Waals surface area contributed by atoms with E-state index in [1.165, 1.54) is 17.5 Å². The summed E-state index contributed by atoms with van der Waals surface area (Å²) >= 11 is 1.29. The minimum atomic E-state index is -0.358. The molecule has 1 N–H and O–H groups in total. The maximum atomic E-state index is 11.8. The first-order valence-electron chi connectivity index (χ1n) is 7.74. The number of hydrogen-bond donors (Lipinski definition) is 1. The molecular weight excluding hydrogens is 322 g/mol. The fourth-order valence-electron chi connectivity index (χ4n) is 2.60. The largest absolute Gasteiger partial charge is 0.462 e. The molecule has 0 saturated heterocycles. The lowest BCUT2D eigenvalue weighted by molar-refractivity contribution is 0.0532.